The highest BCUT2D eigenvalue weighted by Crippen LogP contribution is 2.25. The molecule has 0 saturated heterocycles. The van der Waals surface area contributed by atoms with E-state index in [0.29, 0.717) is 29.4 Å². The molecule has 1 atom stereocenters. The van der Waals surface area contributed by atoms with Gasteiger partial charge in [-0.3, -0.25) is 9.59 Å². The zero-order valence-electron chi connectivity index (χ0n) is 17.5. The van der Waals surface area contributed by atoms with Gasteiger partial charge in [0.25, 0.3) is 11.8 Å². The Labute approximate surface area is 190 Å². The lowest BCUT2D eigenvalue weighted by Crippen LogP contribution is -2.30. The molecule has 1 unspecified atom stereocenters. The van der Waals surface area contributed by atoms with Gasteiger partial charge in [-0.1, -0.05) is 29.8 Å². The first-order chi connectivity index (χ1) is 15.4. The van der Waals surface area contributed by atoms with E-state index in [9.17, 15) is 14.0 Å². The van der Waals surface area contributed by atoms with Crippen molar-refractivity contribution in [1.29, 1.82) is 0 Å². The van der Waals surface area contributed by atoms with Gasteiger partial charge < -0.3 is 20.1 Å². The van der Waals surface area contributed by atoms with E-state index in [1.54, 1.807) is 42.5 Å². The van der Waals surface area contributed by atoms with Crippen LogP contribution in [0.4, 0.5) is 15.8 Å². The molecule has 32 heavy (non-hydrogen) atoms. The second-order valence-electron chi connectivity index (χ2n) is 6.76. The maximum atomic E-state index is 14.0. The fraction of sp³-hybridized carbons (Fsp3) is 0.167. The summed E-state index contributed by atoms with van der Waals surface area (Å²) in [6, 6.07) is 17.8. The molecule has 0 fully saturated rings. The second-order valence-corrected chi connectivity index (χ2v) is 7.17. The summed E-state index contributed by atoms with van der Waals surface area (Å²) in [6.07, 6.45) is -0.911. The average molecular weight is 457 g/mol. The predicted octanol–water partition coefficient (Wildman–Crippen LogP) is 5.54. The minimum atomic E-state index is -0.911. The largest absolute Gasteiger partial charge is 0.492 e. The average Bonchev–Trinajstić information content (AvgIpc) is 2.78. The molecular formula is C24H22ClFN2O4. The molecule has 0 aliphatic rings. The van der Waals surface area contributed by atoms with E-state index in [2.05, 4.69) is 10.6 Å². The van der Waals surface area contributed by atoms with Crippen LogP contribution in [0.5, 0.6) is 11.5 Å². The van der Waals surface area contributed by atoms with Crippen LogP contribution in [0.15, 0.2) is 66.7 Å². The third kappa shape index (κ3) is 5.76. The van der Waals surface area contributed by atoms with Crippen LogP contribution in [0.1, 0.15) is 24.2 Å². The quantitative estimate of drug-likeness (QED) is 0.467. The van der Waals surface area contributed by atoms with E-state index in [1.165, 1.54) is 25.1 Å². The van der Waals surface area contributed by atoms with Gasteiger partial charge in [-0.15, -0.1) is 0 Å². The van der Waals surface area contributed by atoms with Gasteiger partial charge in [0, 0.05) is 5.56 Å². The number of carbonyl (C=O) groups excluding carboxylic acids is 2. The van der Waals surface area contributed by atoms with Gasteiger partial charge in [0.2, 0.25) is 0 Å². The lowest BCUT2D eigenvalue weighted by molar-refractivity contribution is -0.122. The van der Waals surface area contributed by atoms with Crippen LogP contribution in [-0.2, 0) is 4.79 Å². The number of nitrogens with one attached hydrogen (secondary N) is 2. The molecule has 0 aliphatic heterocycles. The summed E-state index contributed by atoms with van der Waals surface area (Å²) in [4.78, 5) is 24.9. The zero-order chi connectivity index (χ0) is 23.1. The van der Waals surface area contributed by atoms with Crippen LogP contribution in [-0.4, -0.2) is 24.5 Å². The zero-order valence-corrected chi connectivity index (χ0v) is 18.3. The highest BCUT2D eigenvalue weighted by Gasteiger charge is 2.18. The van der Waals surface area contributed by atoms with Crippen molar-refractivity contribution in [3.63, 3.8) is 0 Å². The molecule has 0 spiro atoms. The Kier molecular flexibility index (Phi) is 7.68. The smallest absolute Gasteiger partial charge is 0.265 e. The Balaban J connectivity index is 1.61. The van der Waals surface area contributed by atoms with Gasteiger partial charge in [-0.25, -0.2) is 4.39 Å². The number of halogens is 2. The molecular weight excluding hydrogens is 435 g/mol. The standard InChI is InChI=1S/C24H22ClFN2O4/c1-3-31-21-10-5-4-8-19(21)27-24(30)16-11-13-17(14-12-16)32-15(2)23(29)28-20-9-6-7-18(25)22(20)26/h4-15H,3H2,1-2H3,(H,27,30)(H,28,29). The van der Waals surface area contributed by atoms with E-state index in [1.807, 2.05) is 13.0 Å². The van der Waals surface area contributed by atoms with Crippen molar-refractivity contribution in [3.8, 4) is 11.5 Å². The predicted molar refractivity (Wildman–Crippen MR) is 122 cm³/mol. The van der Waals surface area contributed by atoms with Crippen molar-refractivity contribution in [2.45, 2.75) is 20.0 Å². The molecule has 0 radical (unpaired) electrons. The molecule has 3 aromatic carbocycles. The molecule has 0 heterocycles. The summed E-state index contributed by atoms with van der Waals surface area (Å²) < 4.78 is 25.1. The first kappa shape index (κ1) is 23.1. The van der Waals surface area contributed by atoms with Crippen LogP contribution in [0, 0.1) is 5.82 Å². The van der Waals surface area contributed by atoms with Crippen LogP contribution in [0.3, 0.4) is 0 Å². The van der Waals surface area contributed by atoms with Crippen molar-refractivity contribution in [2.24, 2.45) is 0 Å². The molecule has 0 bridgehead atoms. The lowest BCUT2D eigenvalue weighted by Gasteiger charge is -2.16. The highest BCUT2D eigenvalue weighted by molar-refractivity contribution is 6.31. The van der Waals surface area contributed by atoms with Crippen LogP contribution < -0.4 is 20.1 Å². The Hall–Kier alpha value is -3.58. The van der Waals surface area contributed by atoms with Crippen molar-refractivity contribution < 1.29 is 23.5 Å². The molecule has 8 heteroatoms. The first-order valence-corrected chi connectivity index (χ1v) is 10.3. The van der Waals surface area contributed by atoms with Crippen LogP contribution in [0.25, 0.3) is 0 Å². The lowest BCUT2D eigenvalue weighted by atomic mass is 10.2. The first-order valence-electron chi connectivity index (χ1n) is 9.93. The van der Waals surface area contributed by atoms with E-state index in [-0.39, 0.29) is 16.6 Å². The fourth-order valence-corrected chi connectivity index (χ4v) is 3.00. The van der Waals surface area contributed by atoms with Gasteiger partial charge in [-0.05, 0) is 62.4 Å². The summed E-state index contributed by atoms with van der Waals surface area (Å²) in [5.41, 5.74) is 0.942. The summed E-state index contributed by atoms with van der Waals surface area (Å²) >= 11 is 5.73. The number of hydrogen-bond acceptors (Lipinski definition) is 4. The van der Waals surface area contributed by atoms with E-state index >= 15 is 0 Å². The van der Waals surface area contributed by atoms with Gasteiger partial charge in [0.1, 0.15) is 11.5 Å². The molecule has 6 nitrogen and oxygen atoms in total. The minimum Gasteiger partial charge on any atom is -0.492 e. The Morgan fingerprint density at radius 2 is 1.66 bits per heavy atom. The maximum Gasteiger partial charge on any atom is 0.265 e. The van der Waals surface area contributed by atoms with Crippen molar-refractivity contribution in [2.75, 3.05) is 17.2 Å². The SMILES string of the molecule is CCOc1ccccc1NC(=O)c1ccc(OC(C)C(=O)Nc2cccc(Cl)c2F)cc1. The molecule has 3 aromatic rings. The van der Waals surface area contributed by atoms with E-state index in [4.69, 9.17) is 21.1 Å². The second kappa shape index (κ2) is 10.6. The van der Waals surface area contributed by atoms with Gasteiger partial charge >= 0.3 is 0 Å². The van der Waals surface area contributed by atoms with E-state index < -0.39 is 17.8 Å². The fourth-order valence-electron chi connectivity index (χ4n) is 2.82. The number of rotatable bonds is 8. The normalized spacial score (nSPS) is 11.4. The number of amides is 2. The van der Waals surface area contributed by atoms with Gasteiger partial charge in [-0.2, -0.15) is 0 Å². The Morgan fingerprint density at radius 1 is 0.969 bits per heavy atom. The monoisotopic (exact) mass is 456 g/mol. The number of carbonyl (C=O) groups is 2. The Morgan fingerprint density at radius 3 is 2.38 bits per heavy atom. The third-order valence-corrected chi connectivity index (χ3v) is 4.74. The van der Waals surface area contributed by atoms with Crippen LogP contribution >= 0.6 is 11.6 Å². The topological polar surface area (TPSA) is 76.7 Å². The molecule has 2 amide bonds. The number of ether oxygens (including phenoxy) is 2. The van der Waals surface area contributed by atoms with Crippen LogP contribution in [0.2, 0.25) is 5.02 Å². The minimum absolute atomic E-state index is 0.0303. The Bertz CT molecular complexity index is 1110. The highest BCUT2D eigenvalue weighted by atomic mass is 35.5. The maximum absolute atomic E-state index is 14.0. The number of para-hydroxylation sites is 2. The molecule has 2 N–H and O–H groups in total. The number of benzene rings is 3. The number of anilines is 2. The third-order valence-electron chi connectivity index (χ3n) is 4.44. The molecule has 166 valence electrons. The van der Waals surface area contributed by atoms with E-state index in [0.717, 1.165) is 0 Å². The molecule has 0 aliphatic carbocycles. The number of hydrogen-bond donors (Lipinski definition) is 2. The van der Waals surface area contributed by atoms with Gasteiger partial charge in [0.05, 0.1) is 23.0 Å². The molecule has 0 saturated carbocycles. The summed E-state index contributed by atoms with van der Waals surface area (Å²) in [7, 11) is 0. The molecule has 3 rings (SSSR count). The van der Waals surface area contributed by atoms with Crippen molar-refractivity contribution in [3.05, 3.63) is 83.1 Å². The van der Waals surface area contributed by atoms with Crippen molar-refractivity contribution >= 4 is 34.8 Å². The molecule has 0 aromatic heterocycles. The summed E-state index contributed by atoms with van der Waals surface area (Å²) in [5.74, 6) is -0.604. The van der Waals surface area contributed by atoms with Crippen molar-refractivity contribution in [1.82, 2.24) is 0 Å². The summed E-state index contributed by atoms with van der Waals surface area (Å²) in [5, 5.41) is 5.17. The summed E-state index contributed by atoms with van der Waals surface area (Å²) in [6.45, 7) is 3.88. The van der Waals surface area contributed by atoms with Gasteiger partial charge in [0.15, 0.2) is 11.9 Å².